The highest BCUT2D eigenvalue weighted by Crippen LogP contribution is 2.36. The normalized spacial score (nSPS) is 23.6. The molecule has 0 bridgehead atoms. The van der Waals surface area contributed by atoms with Crippen LogP contribution in [0.2, 0.25) is 0 Å². The molecule has 1 aliphatic heterocycles. The molecule has 0 amide bonds. The van der Waals surface area contributed by atoms with E-state index in [1.165, 1.54) is 31.2 Å². The molecular weight excluding hydrogens is 413 g/mol. The van der Waals surface area contributed by atoms with Gasteiger partial charge < -0.3 is 0 Å². The number of rotatable bonds is 4. The van der Waals surface area contributed by atoms with Crippen LogP contribution in [-0.2, 0) is 4.74 Å². The first-order valence-electron chi connectivity index (χ1n) is 9.91. The predicted molar refractivity (Wildman–Crippen MR) is 109 cm³/mol. The summed E-state index contributed by atoms with van der Waals surface area (Å²) in [6.07, 6.45) is 1.29. The van der Waals surface area contributed by atoms with E-state index in [0.29, 0.717) is 18.6 Å². The lowest BCUT2D eigenvalue weighted by Crippen LogP contribution is -2.34. The number of hydrogen-bond donors (Lipinski definition) is 0. The number of ether oxygens (including phenoxy) is 1. The largest absolute Gasteiger partial charge is 0.523 e. The van der Waals surface area contributed by atoms with Gasteiger partial charge in [-0.2, -0.15) is 0 Å². The third-order valence-electron chi connectivity index (χ3n) is 5.54. The van der Waals surface area contributed by atoms with Crippen LogP contribution in [0.15, 0.2) is 65.7 Å². The average Bonchev–Trinajstić information content (AvgIpc) is 3.17. The Hall–Kier alpha value is -2.80. The van der Waals surface area contributed by atoms with E-state index in [-0.39, 0.29) is 18.0 Å². The fraction of sp³-hybridized carbons (Fsp3) is 0.292. The van der Waals surface area contributed by atoms with Gasteiger partial charge in [0, 0.05) is 5.71 Å². The van der Waals surface area contributed by atoms with E-state index in [0.717, 1.165) is 16.7 Å². The molecule has 2 aromatic carbocycles. The summed E-state index contributed by atoms with van der Waals surface area (Å²) in [4.78, 5) is 4.53. The zero-order valence-electron chi connectivity index (χ0n) is 16.7. The molecule has 162 valence electrons. The summed E-state index contributed by atoms with van der Waals surface area (Å²) >= 11 is 0. The minimum Gasteiger partial charge on any atom is -0.281 e. The first-order chi connectivity index (χ1) is 14.6. The van der Waals surface area contributed by atoms with Crippen molar-refractivity contribution in [3.63, 3.8) is 0 Å². The van der Waals surface area contributed by atoms with Crippen molar-refractivity contribution in [2.45, 2.75) is 44.2 Å². The number of halogens is 5. The van der Waals surface area contributed by atoms with Gasteiger partial charge in [0.1, 0.15) is 11.6 Å². The second-order valence-electron chi connectivity index (χ2n) is 7.91. The van der Waals surface area contributed by atoms with Gasteiger partial charge in [0.05, 0.1) is 17.2 Å². The van der Waals surface area contributed by atoms with Crippen molar-refractivity contribution >= 4 is 11.3 Å². The summed E-state index contributed by atoms with van der Waals surface area (Å²) in [5.41, 5.74) is 1.52. The molecule has 0 spiro atoms. The maximum absolute atomic E-state index is 14.0. The van der Waals surface area contributed by atoms with Crippen LogP contribution in [0.5, 0.6) is 0 Å². The van der Waals surface area contributed by atoms with Gasteiger partial charge in [-0.15, -0.1) is 13.2 Å². The fourth-order valence-corrected chi connectivity index (χ4v) is 3.96. The van der Waals surface area contributed by atoms with Gasteiger partial charge in [0.25, 0.3) is 0 Å². The van der Waals surface area contributed by atoms with Crippen LogP contribution in [0, 0.1) is 11.6 Å². The highest BCUT2D eigenvalue weighted by atomic mass is 19.4. The molecule has 7 heteroatoms. The van der Waals surface area contributed by atoms with Crippen molar-refractivity contribution in [1.29, 1.82) is 0 Å². The lowest BCUT2D eigenvalue weighted by molar-refractivity contribution is -0.355. The molecule has 31 heavy (non-hydrogen) atoms. The maximum atomic E-state index is 14.0. The van der Waals surface area contributed by atoms with E-state index in [9.17, 15) is 22.0 Å². The Bertz CT molecular complexity index is 1050. The Labute approximate surface area is 176 Å². The van der Waals surface area contributed by atoms with Crippen LogP contribution in [0.25, 0.3) is 5.57 Å². The van der Waals surface area contributed by atoms with E-state index < -0.39 is 23.6 Å². The Balaban J connectivity index is 1.48. The van der Waals surface area contributed by atoms with Crippen molar-refractivity contribution in [2.24, 2.45) is 4.99 Å². The second kappa shape index (κ2) is 8.04. The smallest absolute Gasteiger partial charge is 0.281 e. The van der Waals surface area contributed by atoms with Gasteiger partial charge in [-0.3, -0.25) is 9.73 Å². The number of allylic oxidation sites excluding steroid dienone is 2. The van der Waals surface area contributed by atoms with E-state index in [2.05, 4.69) is 9.73 Å². The number of hydrogen-bond acceptors (Lipinski definition) is 2. The molecule has 2 atom stereocenters. The molecule has 2 unspecified atom stereocenters. The molecule has 0 radical (unpaired) electrons. The Morgan fingerprint density at radius 1 is 1.03 bits per heavy atom. The highest BCUT2D eigenvalue weighted by molar-refractivity contribution is 6.02. The molecule has 0 saturated carbocycles. The standard InChI is InChI=1S/C24H20F5NO/c1-23(31-24(27,28)29)13-11-16(12-14-23)15-5-7-17(8-6-15)20-9-10-21(30-20)22-18(25)3-2-4-19(22)26/h2-8,11-13,20H,9-10,14H2,1H3. The van der Waals surface area contributed by atoms with Crippen molar-refractivity contribution in [2.75, 3.05) is 0 Å². The molecular formula is C24H20F5NO. The zero-order valence-corrected chi connectivity index (χ0v) is 16.7. The number of aliphatic imine (C=N–C) groups is 1. The molecule has 2 nitrogen and oxygen atoms in total. The minimum absolute atomic E-state index is 0.0664. The summed E-state index contributed by atoms with van der Waals surface area (Å²) in [6.45, 7) is 1.39. The zero-order chi connectivity index (χ0) is 22.2. The van der Waals surface area contributed by atoms with Gasteiger partial charge >= 0.3 is 6.36 Å². The molecule has 0 saturated heterocycles. The second-order valence-corrected chi connectivity index (χ2v) is 7.91. The van der Waals surface area contributed by atoms with Gasteiger partial charge in [-0.25, -0.2) is 8.78 Å². The summed E-state index contributed by atoms with van der Waals surface area (Å²) in [7, 11) is 0. The van der Waals surface area contributed by atoms with E-state index in [4.69, 9.17) is 0 Å². The van der Waals surface area contributed by atoms with Crippen LogP contribution in [0.4, 0.5) is 22.0 Å². The van der Waals surface area contributed by atoms with E-state index in [1.54, 1.807) is 12.2 Å². The number of alkyl halides is 3. The maximum Gasteiger partial charge on any atom is 0.523 e. The predicted octanol–water partition coefficient (Wildman–Crippen LogP) is 6.93. The molecule has 1 aliphatic carbocycles. The van der Waals surface area contributed by atoms with Crippen LogP contribution < -0.4 is 0 Å². The monoisotopic (exact) mass is 433 g/mol. The van der Waals surface area contributed by atoms with Gasteiger partial charge in [0.2, 0.25) is 0 Å². The summed E-state index contributed by atoms with van der Waals surface area (Å²) < 4.78 is 69.9. The van der Waals surface area contributed by atoms with E-state index in [1.807, 2.05) is 24.3 Å². The SMILES string of the molecule is CC1(OC(F)(F)F)C=CC(c2ccc(C3CCC(c4c(F)cccc4F)=N3)cc2)=CC1. The molecule has 1 heterocycles. The summed E-state index contributed by atoms with van der Waals surface area (Å²) in [5.74, 6) is -1.24. The summed E-state index contributed by atoms with van der Waals surface area (Å²) in [6, 6.07) is 11.1. The number of benzene rings is 2. The van der Waals surface area contributed by atoms with Gasteiger partial charge in [0.15, 0.2) is 0 Å². The van der Waals surface area contributed by atoms with Crippen molar-refractivity contribution in [3.8, 4) is 0 Å². The molecule has 2 aliphatic rings. The van der Waals surface area contributed by atoms with Crippen LogP contribution in [0.3, 0.4) is 0 Å². The first kappa shape index (κ1) is 21.4. The molecule has 0 aromatic heterocycles. The molecule has 0 fully saturated rings. The topological polar surface area (TPSA) is 21.6 Å². The van der Waals surface area contributed by atoms with Gasteiger partial charge in [-0.05, 0) is 55.0 Å². The summed E-state index contributed by atoms with van der Waals surface area (Å²) in [5, 5.41) is 0. The Kier molecular flexibility index (Phi) is 5.56. The van der Waals surface area contributed by atoms with Crippen molar-refractivity contribution in [1.82, 2.24) is 0 Å². The highest BCUT2D eigenvalue weighted by Gasteiger charge is 2.39. The first-order valence-corrected chi connectivity index (χ1v) is 9.91. The molecule has 2 aromatic rings. The van der Waals surface area contributed by atoms with Crippen LogP contribution in [-0.4, -0.2) is 17.7 Å². The van der Waals surface area contributed by atoms with Gasteiger partial charge in [-0.1, -0.05) is 48.6 Å². The van der Waals surface area contributed by atoms with E-state index >= 15 is 0 Å². The third-order valence-corrected chi connectivity index (χ3v) is 5.54. The quantitative estimate of drug-likeness (QED) is 0.479. The van der Waals surface area contributed by atoms with Crippen molar-refractivity contribution < 1.29 is 26.7 Å². The average molecular weight is 433 g/mol. The number of nitrogens with zero attached hydrogens (tertiary/aromatic N) is 1. The van der Waals surface area contributed by atoms with Crippen LogP contribution in [0.1, 0.15) is 48.9 Å². The molecule has 4 rings (SSSR count). The fourth-order valence-electron chi connectivity index (χ4n) is 3.96. The third kappa shape index (κ3) is 4.77. The van der Waals surface area contributed by atoms with Crippen molar-refractivity contribution in [3.05, 3.63) is 89.0 Å². The lowest BCUT2D eigenvalue weighted by Gasteiger charge is -2.29. The van der Waals surface area contributed by atoms with Crippen LogP contribution >= 0.6 is 0 Å². The Morgan fingerprint density at radius 3 is 2.29 bits per heavy atom. The lowest BCUT2D eigenvalue weighted by atomic mass is 9.90. The minimum atomic E-state index is -4.70. The molecule has 0 N–H and O–H groups in total. The Morgan fingerprint density at radius 2 is 1.71 bits per heavy atom.